The molecule has 0 aliphatic carbocycles. The molecule has 0 saturated carbocycles. The predicted molar refractivity (Wildman–Crippen MR) is 74.8 cm³/mol. The topological polar surface area (TPSA) is 26.3 Å². The molecular weight excluding hydrogens is 274 g/mol. The van der Waals surface area contributed by atoms with Crippen molar-refractivity contribution in [2.24, 2.45) is 0 Å². The van der Waals surface area contributed by atoms with E-state index in [1.165, 1.54) is 12.1 Å². The highest BCUT2D eigenvalue weighted by Gasteiger charge is 2.32. The quantitative estimate of drug-likeness (QED) is 0.784. The Morgan fingerprint density at radius 3 is 2.48 bits per heavy atom. The molecule has 0 amide bonds. The zero-order chi connectivity index (χ0) is 15.2. The van der Waals surface area contributed by atoms with Gasteiger partial charge in [-0.15, -0.1) is 0 Å². The molecule has 21 heavy (non-hydrogen) atoms. The lowest BCUT2D eigenvalue weighted by molar-refractivity contribution is 0.103. The molecule has 0 spiro atoms. The first kappa shape index (κ1) is 13.7. The summed E-state index contributed by atoms with van der Waals surface area (Å²) in [5, 5.41) is 0. The molecule has 0 fully saturated rings. The van der Waals surface area contributed by atoms with Crippen molar-refractivity contribution in [3.05, 3.63) is 64.7 Å². The molecule has 0 N–H and O–H groups in total. The smallest absolute Gasteiger partial charge is 0.198 e. The van der Waals surface area contributed by atoms with Crippen LogP contribution >= 0.6 is 0 Å². The molecule has 2 aromatic rings. The van der Waals surface area contributed by atoms with E-state index in [1.807, 2.05) is 13.8 Å². The molecule has 108 valence electrons. The van der Waals surface area contributed by atoms with Gasteiger partial charge >= 0.3 is 0 Å². The molecule has 0 aromatic heterocycles. The lowest BCUT2D eigenvalue weighted by Crippen LogP contribution is -2.18. The number of benzene rings is 2. The fourth-order valence-corrected chi connectivity index (χ4v) is 2.52. The van der Waals surface area contributed by atoms with E-state index in [2.05, 4.69) is 0 Å². The lowest BCUT2D eigenvalue weighted by Gasteiger charge is -2.15. The van der Waals surface area contributed by atoms with Gasteiger partial charge in [0, 0.05) is 16.5 Å². The Morgan fingerprint density at radius 2 is 1.81 bits per heavy atom. The Morgan fingerprint density at radius 1 is 1.14 bits per heavy atom. The lowest BCUT2D eigenvalue weighted by atomic mass is 9.85. The largest absolute Gasteiger partial charge is 0.492 e. The molecule has 0 atom stereocenters. The van der Waals surface area contributed by atoms with Crippen LogP contribution in [0.2, 0.25) is 0 Å². The third kappa shape index (κ3) is 2.20. The van der Waals surface area contributed by atoms with Gasteiger partial charge in [0.25, 0.3) is 0 Å². The standard InChI is InChI=1S/C17H14F2O2/c1-17(2)9-21-14-7-6-10(8-11(14)17)16(20)15-12(18)4-3-5-13(15)19/h3-8H,9H2,1-2H3. The van der Waals surface area contributed by atoms with Gasteiger partial charge in [0.1, 0.15) is 17.4 Å². The van der Waals surface area contributed by atoms with Gasteiger partial charge in [-0.2, -0.15) is 0 Å². The number of hydrogen-bond acceptors (Lipinski definition) is 2. The minimum Gasteiger partial charge on any atom is -0.492 e. The second-order valence-electron chi connectivity index (χ2n) is 5.81. The highest BCUT2D eigenvalue weighted by Crippen LogP contribution is 2.39. The second-order valence-corrected chi connectivity index (χ2v) is 5.81. The molecule has 0 unspecified atom stereocenters. The highest BCUT2D eigenvalue weighted by molar-refractivity contribution is 6.09. The number of carbonyl (C=O) groups excluding carboxylic acids is 1. The molecule has 0 radical (unpaired) electrons. The van der Waals surface area contributed by atoms with Crippen molar-refractivity contribution in [2.75, 3.05) is 6.61 Å². The Bertz CT molecular complexity index is 715. The minimum atomic E-state index is -0.851. The molecule has 1 heterocycles. The van der Waals surface area contributed by atoms with Crippen LogP contribution in [0.25, 0.3) is 0 Å². The average molecular weight is 288 g/mol. The molecule has 1 aliphatic heterocycles. The van der Waals surface area contributed by atoms with Crippen LogP contribution in [0.15, 0.2) is 36.4 Å². The normalized spacial score (nSPS) is 15.4. The van der Waals surface area contributed by atoms with Crippen molar-refractivity contribution in [3.63, 3.8) is 0 Å². The molecule has 0 bridgehead atoms. The van der Waals surface area contributed by atoms with Gasteiger partial charge in [-0.3, -0.25) is 4.79 Å². The van der Waals surface area contributed by atoms with E-state index < -0.39 is 23.0 Å². The van der Waals surface area contributed by atoms with Gasteiger partial charge in [0.2, 0.25) is 0 Å². The molecule has 2 nitrogen and oxygen atoms in total. The monoisotopic (exact) mass is 288 g/mol. The first-order valence-electron chi connectivity index (χ1n) is 6.66. The summed E-state index contributed by atoms with van der Waals surface area (Å²) in [4.78, 5) is 12.4. The van der Waals surface area contributed by atoms with Gasteiger partial charge < -0.3 is 4.74 Å². The number of ketones is 1. The zero-order valence-electron chi connectivity index (χ0n) is 11.7. The van der Waals surface area contributed by atoms with Gasteiger partial charge in [-0.25, -0.2) is 8.78 Å². The third-order valence-corrected chi connectivity index (χ3v) is 3.75. The number of ether oxygens (including phenoxy) is 1. The Hall–Kier alpha value is -2.23. The van der Waals surface area contributed by atoms with Gasteiger partial charge in [0.15, 0.2) is 5.78 Å². The van der Waals surface area contributed by atoms with Crippen molar-refractivity contribution in [1.82, 2.24) is 0 Å². The van der Waals surface area contributed by atoms with E-state index in [1.54, 1.807) is 12.1 Å². The fourth-order valence-electron chi connectivity index (χ4n) is 2.52. The predicted octanol–water partition coefficient (Wildman–Crippen LogP) is 3.87. The van der Waals surface area contributed by atoms with Gasteiger partial charge in [-0.1, -0.05) is 19.9 Å². The maximum atomic E-state index is 13.7. The molecular formula is C17H14F2O2. The van der Waals surface area contributed by atoms with Crippen LogP contribution in [0.5, 0.6) is 5.75 Å². The summed E-state index contributed by atoms with van der Waals surface area (Å²) >= 11 is 0. The Balaban J connectivity index is 2.08. The fraction of sp³-hybridized carbons (Fsp3) is 0.235. The van der Waals surface area contributed by atoms with Crippen molar-refractivity contribution >= 4 is 5.78 Å². The summed E-state index contributed by atoms with van der Waals surface area (Å²) in [5.41, 5.74) is 0.398. The highest BCUT2D eigenvalue weighted by atomic mass is 19.1. The first-order valence-corrected chi connectivity index (χ1v) is 6.66. The first-order chi connectivity index (χ1) is 9.90. The summed E-state index contributed by atoms with van der Waals surface area (Å²) in [7, 11) is 0. The SMILES string of the molecule is CC1(C)COc2ccc(C(=O)c3c(F)cccc3F)cc21. The second kappa shape index (κ2) is 4.65. The van der Waals surface area contributed by atoms with Crippen LogP contribution in [-0.2, 0) is 5.41 Å². The average Bonchev–Trinajstić information content (AvgIpc) is 2.74. The summed E-state index contributed by atoms with van der Waals surface area (Å²) in [6.07, 6.45) is 0. The molecule has 3 rings (SSSR count). The Labute approximate surface area is 121 Å². The van der Waals surface area contributed by atoms with E-state index in [9.17, 15) is 13.6 Å². The van der Waals surface area contributed by atoms with Crippen LogP contribution in [0, 0.1) is 11.6 Å². The molecule has 4 heteroatoms. The van der Waals surface area contributed by atoms with Crippen LogP contribution in [0.4, 0.5) is 8.78 Å². The van der Waals surface area contributed by atoms with Crippen molar-refractivity contribution in [1.29, 1.82) is 0 Å². The number of fused-ring (bicyclic) bond motifs is 1. The van der Waals surface area contributed by atoms with Crippen LogP contribution in [-0.4, -0.2) is 12.4 Å². The summed E-state index contributed by atoms with van der Waals surface area (Å²) in [6.45, 7) is 4.52. The van der Waals surface area contributed by atoms with E-state index in [4.69, 9.17) is 4.74 Å². The summed E-state index contributed by atoms with van der Waals surface area (Å²) in [5.74, 6) is -1.64. The minimum absolute atomic E-state index is 0.223. The summed E-state index contributed by atoms with van der Waals surface area (Å²) in [6, 6.07) is 8.27. The van der Waals surface area contributed by atoms with Crippen molar-refractivity contribution in [3.8, 4) is 5.75 Å². The maximum Gasteiger partial charge on any atom is 0.198 e. The van der Waals surface area contributed by atoms with E-state index >= 15 is 0 Å². The summed E-state index contributed by atoms with van der Waals surface area (Å²) < 4.78 is 33.0. The third-order valence-electron chi connectivity index (χ3n) is 3.75. The van der Waals surface area contributed by atoms with E-state index in [0.29, 0.717) is 12.4 Å². The van der Waals surface area contributed by atoms with E-state index in [0.717, 1.165) is 17.7 Å². The number of halogens is 2. The van der Waals surface area contributed by atoms with Crippen LogP contribution in [0.3, 0.4) is 0 Å². The van der Waals surface area contributed by atoms with Crippen LogP contribution < -0.4 is 4.74 Å². The number of carbonyl (C=O) groups is 1. The van der Waals surface area contributed by atoms with Crippen LogP contribution in [0.1, 0.15) is 35.3 Å². The zero-order valence-corrected chi connectivity index (χ0v) is 11.7. The van der Waals surface area contributed by atoms with Gasteiger partial charge in [0.05, 0.1) is 12.2 Å². The maximum absolute atomic E-state index is 13.7. The molecule has 2 aromatic carbocycles. The number of hydrogen-bond donors (Lipinski definition) is 0. The van der Waals surface area contributed by atoms with Crippen molar-refractivity contribution in [2.45, 2.75) is 19.3 Å². The molecule has 1 aliphatic rings. The Kier molecular flexibility index (Phi) is 3.04. The number of rotatable bonds is 2. The van der Waals surface area contributed by atoms with Crippen molar-refractivity contribution < 1.29 is 18.3 Å². The van der Waals surface area contributed by atoms with Gasteiger partial charge in [-0.05, 0) is 30.3 Å². The van der Waals surface area contributed by atoms with E-state index in [-0.39, 0.29) is 11.0 Å². The molecule has 0 saturated heterocycles.